The molecule has 28 valence electrons. The molecule has 0 amide bonds. The predicted molar refractivity (Wildman–Crippen MR) is 20.9 cm³/mol. The molecule has 0 N–H and O–H groups in total. The largest absolute Gasteiger partial charge is 0.298 e. The first-order chi connectivity index (χ1) is 2.81. The van der Waals surface area contributed by atoms with Crippen LogP contribution in [0.1, 0.15) is 8.27 Å². The van der Waals surface area contributed by atoms with Crippen LogP contribution >= 0.6 is 0 Å². The molecule has 0 saturated heterocycles. The van der Waals surface area contributed by atoms with Gasteiger partial charge in [-0.1, -0.05) is 6.58 Å². The van der Waals surface area contributed by atoms with E-state index in [1.165, 1.54) is 0 Å². The Labute approximate surface area is 32.7 Å². The highest BCUT2D eigenvalue weighted by molar-refractivity contribution is 5.70. The zero-order chi connectivity index (χ0) is 4.99. The minimum absolute atomic E-state index is 0.0174. The fourth-order valence-electron chi connectivity index (χ4n) is 0. The van der Waals surface area contributed by atoms with Crippen LogP contribution in [0.5, 0.6) is 0 Å². The van der Waals surface area contributed by atoms with Gasteiger partial charge in [0.25, 0.3) is 0 Å². The van der Waals surface area contributed by atoms with Crippen molar-refractivity contribution < 1.29 is 6.17 Å². The van der Waals surface area contributed by atoms with Crippen molar-refractivity contribution >= 4 is 6.29 Å². The van der Waals surface area contributed by atoms with Gasteiger partial charge in [-0.3, -0.25) is 4.79 Å². The molecule has 1 heteroatoms. The molecule has 0 rings (SSSR count). The molecule has 0 bridgehead atoms. The van der Waals surface area contributed by atoms with Gasteiger partial charge in [0.2, 0.25) is 0 Å². The van der Waals surface area contributed by atoms with Crippen molar-refractivity contribution in [3.05, 3.63) is 12.2 Å². The van der Waals surface area contributed by atoms with Gasteiger partial charge in [-0.15, -0.1) is 0 Å². The number of carbonyl (C=O) groups excluding carboxylic acids is 1. The monoisotopic (exact) mass is 71.0 g/mol. The van der Waals surface area contributed by atoms with Crippen molar-refractivity contribution in [2.24, 2.45) is 0 Å². The van der Waals surface area contributed by atoms with Gasteiger partial charge < -0.3 is 0 Å². The topological polar surface area (TPSA) is 17.1 Å². The van der Waals surface area contributed by atoms with E-state index < -0.39 is 0 Å². The third-order valence-electron chi connectivity index (χ3n) is 0.167. The van der Waals surface area contributed by atoms with E-state index in [-0.39, 0.29) is 6.90 Å². The molecular formula is C4H6O. The summed E-state index contributed by atoms with van der Waals surface area (Å²) in [6.07, 6.45) is 0.590. The molecule has 0 aliphatic heterocycles. The molecule has 0 radical (unpaired) electrons. The van der Waals surface area contributed by atoms with Gasteiger partial charge in [0.1, 0.15) is 6.29 Å². The lowest BCUT2D eigenvalue weighted by molar-refractivity contribution is -0.104. The van der Waals surface area contributed by atoms with Crippen molar-refractivity contribution in [2.75, 3.05) is 0 Å². The molecule has 0 aliphatic rings. The Hall–Kier alpha value is -0.590. The molecule has 0 aromatic heterocycles. The molecule has 1 nitrogen and oxygen atoms in total. The average Bonchev–Trinajstić information content (AvgIpc) is 1.65. The van der Waals surface area contributed by atoms with Gasteiger partial charge in [0.05, 0.1) is 0 Å². The van der Waals surface area contributed by atoms with Crippen LogP contribution in [0.15, 0.2) is 12.2 Å². The highest BCUT2D eigenvalue weighted by Crippen LogP contribution is 1.70. The van der Waals surface area contributed by atoms with E-state index in [0.717, 1.165) is 0 Å². The molecule has 0 heterocycles. The lowest BCUT2D eigenvalue weighted by Crippen LogP contribution is -1.65. The lowest BCUT2D eigenvalue weighted by Gasteiger charge is -1.65. The fraction of sp³-hybridized carbons (Fsp3) is 0.250. The van der Waals surface area contributed by atoms with Crippen LogP contribution in [0.4, 0.5) is 0 Å². The molecule has 0 spiro atoms. The molecule has 0 aliphatic carbocycles. The van der Waals surface area contributed by atoms with Crippen molar-refractivity contribution in [3.8, 4) is 0 Å². The standard InChI is InChI=1S/C4H6O/c1-4(2)3-5/h3H,1H2,2H3/i2D. The Kier molecular flexibility index (Phi) is 0.898. The van der Waals surface area contributed by atoms with Crippen LogP contribution in [0.2, 0.25) is 0 Å². The van der Waals surface area contributed by atoms with Crippen LogP contribution in [-0.2, 0) is 4.79 Å². The summed E-state index contributed by atoms with van der Waals surface area (Å²) in [5.41, 5.74) is 0.329. The second-order valence-corrected chi connectivity index (χ2v) is 0.776. The summed E-state index contributed by atoms with van der Waals surface area (Å²) in [4.78, 5) is 9.52. The number of hydrogen-bond donors (Lipinski definition) is 0. The predicted octanol–water partition coefficient (Wildman–Crippen LogP) is 0.761. The van der Waals surface area contributed by atoms with Crippen molar-refractivity contribution in [1.82, 2.24) is 0 Å². The lowest BCUT2D eigenvalue weighted by atomic mass is 10.4. The van der Waals surface area contributed by atoms with Crippen LogP contribution in [0.25, 0.3) is 0 Å². The van der Waals surface area contributed by atoms with Crippen LogP contribution in [0, 0.1) is 0 Å². The Morgan fingerprint density at radius 3 is 3.00 bits per heavy atom. The Bertz CT molecular complexity index is 67.9. The maximum Gasteiger partial charge on any atom is 0.145 e. The quantitative estimate of drug-likeness (QED) is 0.329. The minimum Gasteiger partial charge on any atom is -0.298 e. The maximum atomic E-state index is 9.52. The number of carbonyl (C=O) groups is 1. The summed E-state index contributed by atoms with van der Waals surface area (Å²) in [6, 6.07) is 0. The molecule has 0 fully saturated rings. The molecule has 5 heavy (non-hydrogen) atoms. The average molecular weight is 71.1 g/mol. The van der Waals surface area contributed by atoms with Crippen molar-refractivity contribution in [1.29, 1.82) is 0 Å². The minimum atomic E-state index is 0.0174. The Morgan fingerprint density at radius 2 is 3.00 bits per heavy atom. The van der Waals surface area contributed by atoms with E-state index in [0.29, 0.717) is 11.9 Å². The first-order valence-electron chi connectivity index (χ1n) is 1.94. The maximum absolute atomic E-state index is 9.52. The molecular weight excluding hydrogens is 64.0 g/mol. The van der Waals surface area contributed by atoms with Gasteiger partial charge in [0, 0.05) is 1.37 Å². The summed E-state index contributed by atoms with van der Waals surface area (Å²) >= 11 is 0. The third kappa shape index (κ3) is 3.41. The summed E-state index contributed by atoms with van der Waals surface area (Å²) in [7, 11) is 0. The summed E-state index contributed by atoms with van der Waals surface area (Å²) < 4.78 is 6.48. The van der Waals surface area contributed by atoms with Crippen molar-refractivity contribution in [2.45, 2.75) is 6.90 Å². The van der Waals surface area contributed by atoms with Gasteiger partial charge >= 0.3 is 0 Å². The van der Waals surface area contributed by atoms with Gasteiger partial charge in [-0.25, -0.2) is 0 Å². The molecule has 0 unspecified atom stereocenters. The molecule has 0 atom stereocenters. The summed E-state index contributed by atoms with van der Waals surface area (Å²) in [6.45, 7) is 3.25. The fourth-order valence-corrected chi connectivity index (χ4v) is 0. The van der Waals surface area contributed by atoms with E-state index >= 15 is 0 Å². The van der Waals surface area contributed by atoms with E-state index in [9.17, 15) is 4.79 Å². The van der Waals surface area contributed by atoms with E-state index in [2.05, 4.69) is 6.58 Å². The second-order valence-electron chi connectivity index (χ2n) is 0.776. The second kappa shape index (κ2) is 1.70. The van der Waals surface area contributed by atoms with Gasteiger partial charge in [0.15, 0.2) is 0 Å². The summed E-state index contributed by atoms with van der Waals surface area (Å²) in [5.74, 6) is 0. The zero-order valence-corrected chi connectivity index (χ0v) is 2.90. The smallest absolute Gasteiger partial charge is 0.145 e. The number of rotatable bonds is 1. The van der Waals surface area contributed by atoms with Gasteiger partial charge in [-0.2, -0.15) is 0 Å². The third-order valence-corrected chi connectivity index (χ3v) is 0.167. The molecule has 0 saturated carbocycles. The van der Waals surface area contributed by atoms with E-state index in [4.69, 9.17) is 1.37 Å². The van der Waals surface area contributed by atoms with Gasteiger partial charge in [-0.05, 0) is 12.5 Å². The normalized spacial score (nSPS) is 9.20. The molecule has 0 aromatic carbocycles. The van der Waals surface area contributed by atoms with Crippen LogP contribution < -0.4 is 0 Å². The highest BCUT2D eigenvalue weighted by Gasteiger charge is 1.66. The number of hydrogen-bond acceptors (Lipinski definition) is 1. The van der Waals surface area contributed by atoms with Crippen LogP contribution in [0.3, 0.4) is 0 Å². The van der Waals surface area contributed by atoms with Crippen molar-refractivity contribution in [3.63, 3.8) is 0 Å². The first-order valence-corrected chi connectivity index (χ1v) is 1.23. The van der Waals surface area contributed by atoms with E-state index in [1.54, 1.807) is 0 Å². The summed E-state index contributed by atoms with van der Waals surface area (Å²) in [5, 5.41) is 0. The first kappa shape index (κ1) is 2.64. The SMILES string of the molecule is [2H]CC(=C)C=O. The van der Waals surface area contributed by atoms with Crippen LogP contribution in [-0.4, -0.2) is 6.29 Å². The highest BCUT2D eigenvalue weighted by atomic mass is 16.1. The number of allylic oxidation sites excluding steroid dienone is 1. The van der Waals surface area contributed by atoms with E-state index in [1.807, 2.05) is 0 Å². The Balaban J connectivity index is 3.23. The molecule has 0 aromatic rings. The zero-order valence-electron chi connectivity index (χ0n) is 3.90. The Morgan fingerprint density at radius 1 is 2.40 bits per heavy atom. The number of aldehydes is 1.